The number of hydrogen-bond acceptors (Lipinski definition) is 3. The van der Waals surface area contributed by atoms with Gasteiger partial charge in [-0.15, -0.1) is 0 Å². The molecular weight excluding hydrogens is 464 g/mol. The molecule has 3 rings (SSSR count). The first-order valence-electron chi connectivity index (χ1n) is 11.2. The Morgan fingerprint density at radius 3 is 2.67 bits per heavy atom. The summed E-state index contributed by atoms with van der Waals surface area (Å²) < 4.78 is 0. The van der Waals surface area contributed by atoms with E-state index in [1.165, 1.54) is 5.57 Å². The number of allylic oxidation sites excluding steroid dienone is 4. The molecule has 30 heavy (non-hydrogen) atoms. The average Bonchev–Trinajstić information content (AvgIpc) is 3.01. The zero-order chi connectivity index (χ0) is 22.1. The molecule has 0 saturated carbocycles. The van der Waals surface area contributed by atoms with Crippen LogP contribution in [0.4, 0.5) is 0 Å². The lowest BCUT2D eigenvalue weighted by Gasteiger charge is -2.34. The number of likely N-dealkylation sites (tertiary alicyclic amines) is 1. The molecule has 3 aliphatic rings. The Bertz CT molecular complexity index is 743. The van der Waals surface area contributed by atoms with Gasteiger partial charge in [-0.1, -0.05) is 73.0 Å². The van der Waals surface area contributed by atoms with Crippen LogP contribution >= 0.6 is 27.5 Å². The van der Waals surface area contributed by atoms with Gasteiger partial charge in [0, 0.05) is 28.5 Å². The smallest absolute Gasteiger partial charge is 0.247 e. The van der Waals surface area contributed by atoms with Gasteiger partial charge in [0.05, 0.1) is 6.04 Å². The number of carbonyl (C=O) groups is 1. The van der Waals surface area contributed by atoms with E-state index in [0.29, 0.717) is 10.7 Å². The Labute approximate surface area is 194 Å². The Morgan fingerprint density at radius 1 is 1.33 bits per heavy atom. The van der Waals surface area contributed by atoms with Crippen molar-refractivity contribution in [2.45, 2.75) is 76.9 Å². The van der Waals surface area contributed by atoms with Gasteiger partial charge in [-0.05, 0) is 55.4 Å². The van der Waals surface area contributed by atoms with Crippen molar-refractivity contribution >= 4 is 33.4 Å². The van der Waals surface area contributed by atoms with Crippen molar-refractivity contribution in [2.24, 2.45) is 17.3 Å². The fraction of sp³-hybridized carbons (Fsp3) is 0.708. The number of alkyl halides is 1. The second-order valence-electron chi connectivity index (χ2n) is 10.1. The third kappa shape index (κ3) is 5.59. The van der Waals surface area contributed by atoms with E-state index in [-0.39, 0.29) is 23.3 Å². The molecule has 1 heterocycles. The zero-order valence-corrected chi connectivity index (χ0v) is 21.0. The van der Waals surface area contributed by atoms with Gasteiger partial charge in [0.1, 0.15) is 6.23 Å². The lowest BCUT2D eigenvalue weighted by atomic mass is 9.75. The van der Waals surface area contributed by atoms with Crippen molar-refractivity contribution in [3.8, 4) is 0 Å². The monoisotopic (exact) mass is 498 g/mol. The van der Waals surface area contributed by atoms with Gasteiger partial charge in [-0.2, -0.15) is 0 Å². The summed E-state index contributed by atoms with van der Waals surface area (Å²) in [7, 11) is 0. The quantitative estimate of drug-likeness (QED) is 0.499. The number of aliphatic hydroxyl groups is 1. The molecule has 2 unspecified atom stereocenters. The normalized spacial score (nSPS) is 29.1. The molecule has 1 aliphatic heterocycles. The van der Waals surface area contributed by atoms with E-state index in [2.05, 4.69) is 59.9 Å². The molecule has 0 bridgehead atoms. The fourth-order valence-corrected chi connectivity index (χ4v) is 5.79. The van der Waals surface area contributed by atoms with Gasteiger partial charge in [-0.25, -0.2) is 0 Å². The molecule has 4 atom stereocenters. The minimum absolute atomic E-state index is 0.0401. The molecule has 0 aromatic heterocycles. The third-order valence-corrected chi connectivity index (χ3v) is 7.96. The van der Waals surface area contributed by atoms with Crippen molar-refractivity contribution in [3.63, 3.8) is 0 Å². The first-order chi connectivity index (χ1) is 14.1. The van der Waals surface area contributed by atoms with Gasteiger partial charge in [0.15, 0.2) is 0 Å². The summed E-state index contributed by atoms with van der Waals surface area (Å²) in [4.78, 5) is 15.4. The Morgan fingerprint density at radius 2 is 2.07 bits per heavy atom. The van der Waals surface area contributed by atoms with Crippen LogP contribution in [0, 0.1) is 17.3 Å². The Hall–Kier alpha value is -0.620. The van der Waals surface area contributed by atoms with Crippen molar-refractivity contribution in [3.05, 3.63) is 34.4 Å². The van der Waals surface area contributed by atoms with Gasteiger partial charge in [0.2, 0.25) is 5.91 Å². The molecule has 2 N–H and O–H groups in total. The lowest BCUT2D eigenvalue weighted by Crippen LogP contribution is -2.54. The number of hydrogen-bond donors (Lipinski definition) is 2. The Balaban J connectivity index is 1.70. The number of amides is 1. The largest absolute Gasteiger partial charge is 0.376 e. The molecule has 1 fully saturated rings. The molecule has 1 amide bonds. The van der Waals surface area contributed by atoms with Gasteiger partial charge in [-0.3, -0.25) is 9.69 Å². The van der Waals surface area contributed by atoms with E-state index in [9.17, 15) is 9.90 Å². The van der Waals surface area contributed by atoms with Crippen molar-refractivity contribution in [2.75, 3.05) is 13.1 Å². The van der Waals surface area contributed by atoms with E-state index in [4.69, 9.17) is 11.6 Å². The minimum Gasteiger partial charge on any atom is -0.376 e. The highest BCUT2D eigenvalue weighted by Gasteiger charge is 2.45. The van der Waals surface area contributed by atoms with Crippen LogP contribution in [0.1, 0.15) is 59.8 Å². The second-order valence-corrected chi connectivity index (χ2v) is 11.9. The molecule has 0 aromatic rings. The highest BCUT2D eigenvalue weighted by molar-refractivity contribution is 9.09. The van der Waals surface area contributed by atoms with Crippen LogP contribution in [0.3, 0.4) is 0 Å². The van der Waals surface area contributed by atoms with Gasteiger partial charge >= 0.3 is 0 Å². The van der Waals surface area contributed by atoms with E-state index in [0.717, 1.165) is 55.8 Å². The Kier molecular flexibility index (Phi) is 7.92. The molecule has 0 spiro atoms. The van der Waals surface area contributed by atoms with E-state index < -0.39 is 6.23 Å². The van der Waals surface area contributed by atoms with Gasteiger partial charge in [0.25, 0.3) is 0 Å². The van der Waals surface area contributed by atoms with Crippen LogP contribution in [0.15, 0.2) is 34.4 Å². The molecule has 1 saturated heterocycles. The molecule has 168 valence electrons. The predicted octanol–water partition coefficient (Wildman–Crippen LogP) is 5.12. The first-order valence-corrected chi connectivity index (χ1v) is 12.5. The van der Waals surface area contributed by atoms with Crippen molar-refractivity contribution in [1.29, 1.82) is 0 Å². The summed E-state index contributed by atoms with van der Waals surface area (Å²) in [6.07, 6.45) is 10.1. The second kappa shape index (κ2) is 9.89. The number of aliphatic hydroxyl groups excluding tert-OH is 1. The highest BCUT2D eigenvalue weighted by Crippen LogP contribution is 2.43. The van der Waals surface area contributed by atoms with E-state index in [1.54, 1.807) is 0 Å². The summed E-state index contributed by atoms with van der Waals surface area (Å²) in [5.74, 6) is 0.472. The number of nitrogens with one attached hydrogen (secondary N) is 1. The van der Waals surface area contributed by atoms with Crippen LogP contribution in [0.25, 0.3) is 0 Å². The molecule has 2 aliphatic carbocycles. The molecule has 0 radical (unpaired) electrons. The maximum Gasteiger partial charge on any atom is 0.247 e. The predicted molar refractivity (Wildman–Crippen MR) is 128 cm³/mol. The number of rotatable bonds is 6. The molecule has 0 aromatic carbocycles. The fourth-order valence-electron chi connectivity index (χ4n) is 5.02. The van der Waals surface area contributed by atoms with Crippen LogP contribution < -0.4 is 5.32 Å². The van der Waals surface area contributed by atoms with Gasteiger partial charge < -0.3 is 10.4 Å². The number of carbonyl (C=O) groups excluding carboxylic acids is 1. The van der Waals surface area contributed by atoms with Crippen LogP contribution in [-0.2, 0) is 4.79 Å². The molecule has 4 nitrogen and oxygen atoms in total. The topological polar surface area (TPSA) is 52.6 Å². The van der Waals surface area contributed by atoms with Crippen LogP contribution in [0.5, 0.6) is 0 Å². The summed E-state index contributed by atoms with van der Waals surface area (Å²) in [6.45, 7) is 10.3. The summed E-state index contributed by atoms with van der Waals surface area (Å²) in [6, 6.07) is -0.307. The van der Waals surface area contributed by atoms with Crippen LogP contribution in [0.2, 0.25) is 0 Å². The van der Waals surface area contributed by atoms with Crippen LogP contribution in [-0.4, -0.2) is 46.1 Å². The zero-order valence-electron chi connectivity index (χ0n) is 18.6. The average molecular weight is 500 g/mol. The maximum atomic E-state index is 12.9. The molecular formula is C24H36BrClN2O2. The van der Waals surface area contributed by atoms with Crippen molar-refractivity contribution < 1.29 is 9.90 Å². The summed E-state index contributed by atoms with van der Waals surface area (Å²) in [5.41, 5.74) is 2.31. The van der Waals surface area contributed by atoms with E-state index in [1.807, 2.05) is 12.2 Å². The first kappa shape index (κ1) is 24.0. The number of nitrogens with zero attached hydrogens (tertiary/aromatic N) is 1. The number of halogens is 2. The SMILES string of the molecule is CC(C)[C@@H](NC(=O)C1=CCCC(Br)C1)C(O)N1C[C@H](C2=CC=C(Cl)CC2)C(C)(C)C1. The van der Waals surface area contributed by atoms with Crippen molar-refractivity contribution in [1.82, 2.24) is 10.2 Å². The standard InChI is InChI=1S/C24H36BrClN2O2/c1-15(2)21(27-22(29)17-6-5-7-18(25)12-17)23(30)28-13-20(24(3,4)14-28)16-8-10-19(26)11-9-16/h6,8,10,15,18,20-21,23,30H,5,7,9,11-14H2,1-4H3,(H,27,29)/t18?,20-,21-,23?/m1/s1. The van der Waals surface area contributed by atoms with E-state index >= 15 is 0 Å². The third-order valence-electron chi connectivity index (χ3n) is 6.86. The minimum atomic E-state index is -0.703. The maximum absolute atomic E-state index is 12.9. The summed E-state index contributed by atoms with van der Waals surface area (Å²) in [5, 5.41) is 15.4. The summed E-state index contributed by atoms with van der Waals surface area (Å²) >= 11 is 9.79. The highest BCUT2D eigenvalue weighted by atomic mass is 79.9. The lowest BCUT2D eigenvalue weighted by molar-refractivity contribution is -0.121. The molecule has 6 heteroatoms.